The molecule has 0 saturated carbocycles. The van der Waals surface area contributed by atoms with Gasteiger partial charge in [-0.2, -0.15) is 15.3 Å². The third-order valence-electron chi connectivity index (χ3n) is 2.39. The molecule has 0 atom stereocenters. The molecule has 8 nitrogen and oxygen atoms in total. The van der Waals surface area contributed by atoms with Gasteiger partial charge in [-0.1, -0.05) is 5.16 Å². The second-order valence-electron chi connectivity index (χ2n) is 3.78. The first-order valence-electron chi connectivity index (χ1n) is 5.34. The van der Waals surface area contributed by atoms with Gasteiger partial charge in [0.05, 0.1) is 11.8 Å². The Morgan fingerprint density at radius 1 is 1.21 bits per heavy atom. The number of hydrogen-bond acceptors (Lipinski definition) is 7. The van der Waals surface area contributed by atoms with Crippen LogP contribution >= 0.6 is 0 Å². The van der Waals surface area contributed by atoms with Crippen molar-refractivity contribution in [2.45, 2.75) is 6.92 Å². The Hall–Kier alpha value is -3.08. The van der Waals surface area contributed by atoms with Crippen LogP contribution in [0, 0.1) is 18.3 Å². The zero-order valence-corrected chi connectivity index (χ0v) is 9.82. The van der Waals surface area contributed by atoms with E-state index in [0.29, 0.717) is 11.4 Å². The smallest absolute Gasteiger partial charge is 0.262 e. The van der Waals surface area contributed by atoms with Crippen LogP contribution in [0.3, 0.4) is 0 Å². The molecule has 0 unspecified atom stereocenters. The third-order valence-corrected chi connectivity index (χ3v) is 2.39. The van der Waals surface area contributed by atoms with E-state index in [-0.39, 0.29) is 17.4 Å². The Morgan fingerprint density at radius 2 is 2.00 bits per heavy atom. The van der Waals surface area contributed by atoms with Gasteiger partial charge in [-0.05, 0) is 12.5 Å². The van der Waals surface area contributed by atoms with Crippen molar-refractivity contribution in [1.29, 1.82) is 5.26 Å². The van der Waals surface area contributed by atoms with Gasteiger partial charge in [0.25, 0.3) is 5.89 Å². The third kappa shape index (κ3) is 1.93. The number of aryl methyl sites for hydroxylation is 1. The standard InChI is InChI=1S/C11H7N7O/c1-6-3-13-9(14-4-6)10-16-11(19-18-10)7-5-15-17-8(7)2-12/h3-5H,1H3,(H,15,17). The first-order valence-corrected chi connectivity index (χ1v) is 5.34. The number of rotatable bonds is 2. The van der Waals surface area contributed by atoms with Crippen LogP contribution < -0.4 is 0 Å². The summed E-state index contributed by atoms with van der Waals surface area (Å²) in [6.45, 7) is 1.89. The van der Waals surface area contributed by atoms with Crippen LogP contribution in [0.2, 0.25) is 0 Å². The Kier molecular flexibility index (Phi) is 2.50. The van der Waals surface area contributed by atoms with E-state index in [4.69, 9.17) is 9.78 Å². The molecular formula is C11H7N7O. The lowest BCUT2D eigenvalue weighted by atomic mass is 10.2. The average molecular weight is 253 g/mol. The summed E-state index contributed by atoms with van der Waals surface area (Å²) >= 11 is 0. The van der Waals surface area contributed by atoms with Crippen LogP contribution in [0.4, 0.5) is 0 Å². The fraction of sp³-hybridized carbons (Fsp3) is 0.0909. The number of hydrogen-bond donors (Lipinski definition) is 1. The van der Waals surface area contributed by atoms with Crippen molar-refractivity contribution >= 4 is 0 Å². The van der Waals surface area contributed by atoms with Gasteiger partial charge in [-0.25, -0.2) is 9.97 Å². The summed E-state index contributed by atoms with van der Waals surface area (Å²) in [6, 6.07) is 1.95. The summed E-state index contributed by atoms with van der Waals surface area (Å²) in [7, 11) is 0. The normalized spacial score (nSPS) is 10.3. The molecule has 3 heterocycles. The van der Waals surface area contributed by atoms with Crippen molar-refractivity contribution in [2.75, 3.05) is 0 Å². The molecule has 0 radical (unpaired) electrons. The van der Waals surface area contributed by atoms with E-state index in [1.165, 1.54) is 6.20 Å². The van der Waals surface area contributed by atoms with Crippen LogP contribution in [-0.4, -0.2) is 30.3 Å². The summed E-state index contributed by atoms with van der Waals surface area (Å²) in [5.74, 6) is 0.826. The highest BCUT2D eigenvalue weighted by Gasteiger charge is 2.16. The van der Waals surface area contributed by atoms with Crippen LogP contribution in [0.15, 0.2) is 23.1 Å². The number of nitriles is 1. The monoisotopic (exact) mass is 253 g/mol. The molecule has 0 fully saturated rings. The molecule has 0 aliphatic carbocycles. The van der Waals surface area contributed by atoms with Gasteiger partial charge in [0.15, 0.2) is 0 Å². The topological polar surface area (TPSA) is 117 Å². The lowest BCUT2D eigenvalue weighted by molar-refractivity contribution is 0.432. The maximum atomic E-state index is 8.89. The minimum absolute atomic E-state index is 0.199. The van der Waals surface area contributed by atoms with Crippen molar-refractivity contribution in [3.05, 3.63) is 29.8 Å². The van der Waals surface area contributed by atoms with E-state index in [0.717, 1.165) is 5.56 Å². The molecule has 8 heteroatoms. The maximum Gasteiger partial charge on any atom is 0.262 e. The molecule has 0 amide bonds. The molecule has 92 valence electrons. The first kappa shape index (κ1) is 11.0. The van der Waals surface area contributed by atoms with Crippen molar-refractivity contribution < 1.29 is 4.52 Å². The zero-order valence-electron chi connectivity index (χ0n) is 9.82. The molecule has 0 spiro atoms. The molecule has 19 heavy (non-hydrogen) atoms. The molecule has 3 aromatic rings. The summed E-state index contributed by atoms with van der Waals surface area (Å²) in [6.07, 6.45) is 4.78. The molecule has 0 aromatic carbocycles. The van der Waals surface area contributed by atoms with E-state index < -0.39 is 0 Å². The van der Waals surface area contributed by atoms with E-state index in [1.54, 1.807) is 12.4 Å². The van der Waals surface area contributed by atoms with E-state index in [9.17, 15) is 0 Å². The Labute approximate surface area is 107 Å². The molecule has 1 N–H and O–H groups in total. The van der Waals surface area contributed by atoms with Crippen LogP contribution in [0.1, 0.15) is 11.3 Å². The predicted molar refractivity (Wildman–Crippen MR) is 62.4 cm³/mol. The minimum atomic E-state index is 0.199. The van der Waals surface area contributed by atoms with Crippen molar-refractivity contribution in [3.8, 4) is 29.2 Å². The van der Waals surface area contributed by atoms with Gasteiger partial charge in [0, 0.05) is 12.4 Å². The van der Waals surface area contributed by atoms with Crippen molar-refractivity contribution in [2.24, 2.45) is 0 Å². The maximum absolute atomic E-state index is 8.89. The highest BCUT2D eigenvalue weighted by atomic mass is 16.5. The number of aromatic amines is 1. The summed E-state index contributed by atoms with van der Waals surface area (Å²) in [5.41, 5.74) is 1.66. The van der Waals surface area contributed by atoms with E-state index in [1.807, 2.05) is 13.0 Å². The Balaban J connectivity index is 2.00. The minimum Gasteiger partial charge on any atom is -0.333 e. The van der Waals surface area contributed by atoms with Crippen LogP contribution in [0.25, 0.3) is 23.1 Å². The number of H-pyrrole nitrogens is 1. The van der Waals surface area contributed by atoms with Crippen LogP contribution in [0.5, 0.6) is 0 Å². The quantitative estimate of drug-likeness (QED) is 0.726. The van der Waals surface area contributed by atoms with Gasteiger partial charge >= 0.3 is 0 Å². The van der Waals surface area contributed by atoms with Crippen molar-refractivity contribution in [3.63, 3.8) is 0 Å². The lowest BCUT2D eigenvalue weighted by Gasteiger charge is -1.92. The number of nitrogens with zero attached hydrogens (tertiary/aromatic N) is 6. The Bertz CT molecular complexity index is 750. The van der Waals surface area contributed by atoms with E-state index in [2.05, 4.69) is 30.3 Å². The largest absolute Gasteiger partial charge is 0.333 e. The van der Waals surface area contributed by atoms with Crippen molar-refractivity contribution in [1.82, 2.24) is 30.3 Å². The summed E-state index contributed by atoms with van der Waals surface area (Å²) < 4.78 is 5.08. The second-order valence-corrected chi connectivity index (χ2v) is 3.78. The number of nitrogens with one attached hydrogen (secondary N) is 1. The summed E-state index contributed by atoms with van der Waals surface area (Å²) in [4.78, 5) is 12.3. The fourth-order valence-electron chi connectivity index (χ4n) is 1.47. The van der Waals surface area contributed by atoms with Crippen LogP contribution in [-0.2, 0) is 0 Å². The van der Waals surface area contributed by atoms with Gasteiger partial charge in [-0.15, -0.1) is 0 Å². The molecular weight excluding hydrogens is 246 g/mol. The van der Waals surface area contributed by atoms with Gasteiger partial charge in [-0.3, -0.25) is 5.10 Å². The highest BCUT2D eigenvalue weighted by Crippen LogP contribution is 2.21. The van der Waals surface area contributed by atoms with Gasteiger partial charge in [0.2, 0.25) is 11.6 Å². The zero-order chi connectivity index (χ0) is 13.2. The summed E-state index contributed by atoms with van der Waals surface area (Å²) in [5, 5.41) is 19.0. The predicted octanol–water partition coefficient (Wildman–Crippen LogP) is 1.10. The molecule has 0 bridgehead atoms. The van der Waals surface area contributed by atoms with Gasteiger partial charge in [0.1, 0.15) is 11.8 Å². The second kappa shape index (κ2) is 4.30. The lowest BCUT2D eigenvalue weighted by Crippen LogP contribution is -1.90. The molecule has 0 aliphatic rings. The molecule has 0 aliphatic heterocycles. The average Bonchev–Trinajstić information content (AvgIpc) is 3.07. The molecule has 3 rings (SSSR count). The number of aromatic nitrogens is 6. The highest BCUT2D eigenvalue weighted by molar-refractivity contribution is 5.60. The Morgan fingerprint density at radius 3 is 2.74 bits per heavy atom. The molecule has 3 aromatic heterocycles. The van der Waals surface area contributed by atoms with E-state index >= 15 is 0 Å². The fourth-order valence-corrected chi connectivity index (χ4v) is 1.47. The first-order chi connectivity index (χ1) is 9.28. The SMILES string of the molecule is Cc1cnc(-c2noc(-c3cn[nH]c3C#N)n2)nc1. The van der Waals surface area contributed by atoms with Gasteiger partial charge < -0.3 is 4.52 Å². The molecule has 0 saturated heterocycles.